The topological polar surface area (TPSA) is 97.8 Å². The van der Waals surface area contributed by atoms with Gasteiger partial charge in [0.05, 0.1) is 16.2 Å². The van der Waals surface area contributed by atoms with Crippen LogP contribution in [0.3, 0.4) is 0 Å². The molecule has 0 saturated carbocycles. The Morgan fingerprint density at radius 3 is 2.34 bits per heavy atom. The van der Waals surface area contributed by atoms with Crippen molar-refractivity contribution in [2.24, 2.45) is 0 Å². The zero-order valence-electron chi connectivity index (χ0n) is 22.7. The second-order valence-corrected chi connectivity index (χ2v) is 16.3. The van der Waals surface area contributed by atoms with Gasteiger partial charge in [-0.25, -0.2) is 16.8 Å². The minimum absolute atomic E-state index is 0.139. The molecule has 0 unspecified atom stereocenters. The molecule has 11 heteroatoms. The third-order valence-electron chi connectivity index (χ3n) is 8.20. The highest BCUT2D eigenvalue weighted by atomic mass is 35.5. The first-order valence-electron chi connectivity index (χ1n) is 13.4. The lowest BCUT2D eigenvalue weighted by atomic mass is 9.78. The van der Waals surface area contributed by atoms with E-state index in [0.29, 0.717) is 39.8 Å². The number of fused-ring (bicyclic) bond motifs is 3. The van der Waals surface area contributed by atoms with E-state index >= 15 is 0 Å². The molecule has 2 atom stereocenters. The summed E-state index contributed by atoms with van der Waals surface area (Å²) in [4.78, 5) is 15.0. The first kappa shape index (κ1) is 29.9. The second kappa shape index (κ2) is 11.2. The van der Waals surface area contributed by atoms with Gasteiger partial charge >= 0.3 is 0 Å². The third kappa shape index (κ3) is 5.26. The lowest BCUT2D eigenvalue weighted by Gasteiger charge is -2.42. The van der Waals surface area contributed by atoms with E-state index in [9.17, 15) is 21.6 Å². The van der Waals surface area contributed by atoms with Crippen LogP contribution in [0.25, 0.3) is 0 Å². The molecule has 0 aromatic heterocycles. The summed E-state index contributed by atoms with van der Waals surface area (Å²) in [5, 5.41) is 0.265. The first-order chi connectivity index (χ1) is 19.4. The van der Waals surface area contributed by atoms with E-state index in [0.717, 1.165) is 5.56 Å². The molecule has 1 aliphatic carbocycles. The minimum atomic E-state index is -4.00. The van der Waals surface area contributed by atoms with E-state index in [1.807, 2.05) is 6.07 Å². The van der Waals surface area contributed by atoms with Gasteiger partial charge in [-0.05, 0) is 80.6 Å². The van der Waals surface area contributed by atoms with Crippen molar-refractivity contribution in [3.63, 3.8) is 0 Å². The molecule has 3 aromatic carbocycles. The van der Waals surface area contributed by atoms with Crippen LogP contribution in [-0.4, -0.2) is 51.2 Å². The molecule has 1 aliphatic heterocycles. The Kier molecular flexibility index (Phi) is 8.20. The molecule has 5 rings (SSSR count). The maximum Gasteiger partial charge on any atom is 0.238 e. The first-order valence-corrected chi connectivity index (χ1v) is 17.3. The highest BCUT2D eigenvalue weighted by Crippen LogP contribution is 2.53. The van der Waals surface area contributed by atoms with Crippen LogP contribution >= 0.6 is 23.2 Å². The average molecular weight is 637 g/mol. The van der Waals surface area contributed by atoms with Gasteiger partial charge in [0.15, 0.2) is 19.7 Å². The Morgan fingerprint density at radius 2 is 1.68 bits per heavy atom. The minimum Gasteiger partial charge on any atom is -0.489 e. The maximum absolute atomic E-state index is 14.5. The summed E-state index contributed by atoms with van der Waals surface area (Å²) in [5.41, 5.74) is 2.08. The summed E-state index contributed by atoms with van der Waals surface area (Å²) in [6.07, 6.45) is 1.02. The molecule has 1 amide bonds. The van der Waals surface area contributed by atoms with Gasteiger partial charge < -0.3 is 9.64 Å². The monoisotopic (exact) mass is 635 g/mol. The van der Waals surface area contributed by atoms with E-state index in [-0.39, 0.29) is 24.5 Å². The average Bonchev–Trinajstić information content (AvgIpc) is 3.35. The molecule has 218 valence electrons. The van der Waals surface area contributed by atoms with Crippen molar-refractivity contribution in [1.29, 1.82) is 0 Å². The summed E-state index contributed by atoms with van der Waals surface area (Å²) in [6.45, 7) is 3.35. The number of halogens is 2. The van der Waals surface area contributed by atoms with Crippen LogP contribution in [0.1, 0.15) is 43.4 Å². The largest absolute Gasteiger partial charge is 0.489 e. The van der Waals surface area contributed by atoms with Crippen molar-refractivity contribution >= 4 is 48.8 Å². The van der Waals surface area contributed by atoms with Crippen LogP contribution in [0.15, 0.2) is 71.6 Å². The van der Waals surface area contributed by atoms with Crippen LogP contribution in [-0.2, 0) is 42.2 Å². The molecule has 41 heavy (non-hydrogen) atoms. The zero-order valence-corrected chi connectivity index (χ0v) is 25.9. The number of benzene rings is 3. The van der Waals surface area contributed by atoms with E-state index < -0.39 is 47.4 Å². The number of sulfone groups is 2. The number of nitrogens with zero attached hydrogens (tertiary/aromatic N) is 1. The Morgan fingerprint density at radius 1 is 1.00 bits per heavy atom. The molecule has 0 N–H and O–H groups in total. The highest BCUT2D eigenvalue weighted by molar-refractivity contribution is 7.93. The quantitative estimate of drug-likeness (QED) is 0.319. The fraction of sp³-hybridized carbons (Fsp3) is 0.367. The van der Waals surface area contributed by atoms with Crippen LogP contribution in [0, 0.1) is 0 Å². The predicted molar refractivity (Wildman–Crippen MR) is 160 cm³/mol. The van der Waals surface area contributed by atoms with Crippen molar-refractivity contribution in [3.8, 4) is 5.75 Å². The molecule has 1 fully saturated rings. The van der Waals surface area contributed by atoms with E-state index in [4.69, 9.17) is 27.9 Å². The third-order valence-corrected chi connectivity index (χ3v) is 13.5. The fourth-order valence-corrected chi connectivity index (χ4v) is 9.69. The predicted octanol–water partition coefficient (Wildman–Crippen LogP) is 5.61. The molecular formula is C30H31Cl2NO6S2. The standard InChI is InChI=1S/C30H31Cl2NO6S2/c1-20(2)40(35,36)19-29(34)33-16-15-30(41(37,38)23-7-4-3-5-8-23)25-13-12-22(17-21(25)11-14-28(30)33)39-18-24-26(31)9-6-10-27(24)32/h3-10,12-13,17,20,28H,11,14-16,18-19H2,1-2H3/t28-,30-/m1/s1. The number of carbonyl (C=O) groups excluding carboxylic acids is 1. The van der Waals surface area contributed by atoms with Gasteiger partial charge in [0, 0.05) is 22.2 Å². The SMILES string of the molecule is CC(C)S(=O)(=O)CC(=O)N1CC[C@@]2(S(=O)(=O)c3ccccc3)c3ccc(OCc4c(Cl)cccc4Cl)cc3CC[C@@H]12. The van der Waals surface area contributed by atoms with Gasteiger partial charge in [-0.1, -0.05) is 53.5 Å². The molecule has 2 aliphatic rings. The molecule has 1 saturated heterocycles. The normalized spacial score (nSPS) is 20.5. The van der Waals surface area contributed by atoms with E-state index in [1.165, 1.54) is 18.7 Å². The molecular weight excluding hydrogens is 605 g/mol. The Balaban J connectivity index is 1.54. The van der Waals surface area contributed by atoms with Crippen LogP contribution in [0.2, 0.25) is 10.0 Å². The lowest BCUT2D eigenvalue weighted by Crippen LogP contribution is -2.53. The van der Waals surface area contributed by atoms with Gasteiger partial charge in [0.25, 0.3) is 0 Å². The fourth-order valence-electron chi connectivity index (χ4n) is 5.95. The Hall–Kier alpha value is -2.59. The summed E-state index contributed by atoms with van der Waals surface area (Å²) >= 11 is 12.6. The number of aryl methyl sites for hydroxylation is 1. The van der Waals surface area contributed by atoms with Gasteiger partial charge in [-0.2, -0.15) is 0 Å². The van der Waals surface area contributed by atoms with Crippen molar-refractivity contribution in [2.75, 3.05) is 12.3 Å². The molecule has 1 heterocycles. The van der Waals surface area contributed by atoms with Gasteiger partial charge in [-0.15, -0.1) is 0 Å². The molecule has 7 nitrogen and oxygen atoms in total. The van der Waals surface area contributed by atoms with Crippen molar-refractivity contribution < 1.29 is 26.4 Å². The van der Waals surface area contributed by atoms with Crippen LogP contribution in [0.5, 0.6) is 5.75 Å². The number of carbonyl (C=O) groups is 1. The summed E-state index contributed by atoms with van der Waals surface area (Å²) in [5.74, 6) is -0.666. The number of hydrogen-bond acceptors (Lipinski definition) is 6. The van der Waals surface area contributed by atoms with Crippen molar-refractivity contribution in [2.45, 2.75) is 60.7 Å². The number of likely N-dealkylation sites (tertiary alicyclic amines) is 1. The Labute approximate surface area is 251 Å². The van der Waals surface area contributed by atoms with E-state index in [1.54, 1.807) is 60.7 Å². The number of hydrogen-bond donors (Lipinski definition) is 0. The second-order valence-electron chi connectivity index (χ2n) is 10.8. The summed E-state index contributed by atoms with van der Waals surface area (Å²) in [6, 6.07) is 18.1. The molecule has 0 radical (unpaired) electrons. The summed E-state index contributed by atoms with van der Waals surface area (Å²) in [7, 11) is -7.66. The van der Waals surface area contributed by atoms with Crippen LogP contribution in [0.4, 0.5) is 0 Å². The maximum atomic E-state index is 14.5. The van der Waals surface area contributed by atoms with E-state index in [2.05, 4.69) is 0 Å². The lowest BCUT2D eigenvalue weighted by molar-refractivity contribution is -0.129. The number of rotatable bonds is 8. The van der Waals surface area contributed by atoms with Gasteiger partial charge in [-0.3, -0.25) is 4.79 Å². The Bertz CT molecular complexity index is 1670. The highest BCUT2D eigenvalue weighted by Gasteiger charge is 2.61. The molecule has 3 aromatic rings. The summed E-state index contributed by atoms with van der Waals surface area (Å²) < 4.78 is 58.7. The smallest absolute Gasteiger partial charge is 0.238 e. The zero-order chi connectivity index (χ0) is 29.6. The van der Waals surface area contributed by atoms with Gasteiger partial charge in [0.1, 0.15) is 22.9 Å². The van der Waals surface area contributed by atoms with Crippen molar-refractivity contribution in [1.82, 2.24) is 4.90 Å². The molecule has 0 spiro atoms. The number of amides is 1. The van der Waals surface area contributed by atoms with Gasteiger partial charge in [0.2, 0.25) is 5.91 Å². The van der Waals surface area contributed by atoms with Crippen LogP contribution < -0.4 is 4.74 Å². The van der Waals surface area contributed by atoms with Crippen molar-refractivity contribution in [3.05, 3.63) is 93.5 Å². The number of ether oxygens (including phenoxy) is 1. The molecule has 0 bridgehead atoms.